The van der Waals surface area contributed by atoms with E-state index in [-0.39, 0.29) is 29.8 Å². The minimum absolute atomic E-state index is 0.0213. The van der Waals surface area contributed by atoms with Gasteiger partial charge in [0, 0.05) is 25.2 Å². The molecule has 2 aromatic heterocycles. The molecule has 9 nitrogen and oxygen atoms in total. The summed E-state index contributed by atoms with van der Waals surface area (Å²) in [4.78, 5) is 36.7. The van der Waals surface area contributed by atoms with Crippen molar-refractivity contribution in [3.8, 4) is 11.3 Å². The standard InChI is InChI=1S/C23H24F3N5O4/c1-12(2)19(22(34)27-3)29-21(33)17-8-7-16(35-17)14-6-4-5-13(9-14)11-28-20(32)15-10-18(31-30-15)23(24,25)26/h4-10,12,19H,11H2,1-3H3,(H,27,34)(H,28,32)(H,29,33)(H,30,31)/t19-/m0/s1. The number of halogens is 3. The highest BCUT2D eigenvalue weighted by molar-refractivity contribution is 5.96. The first-order valence-electron chi connectivity index (χ1n) is 10.6. The molecule has 0 aliphatic rings. The van der Waals surface area contributed by atoms with Crippen LogP contribution in [0.15, 0.2) is 46.9 Å². The molecule has 0 saturated carbocycles. The normalized spacial score (nSPS) is 12.3. The molecule has 0 aliphatic carbocycles. The topological polar surface area (TPSA) is 129 Å². The fourth-order valence-electron chi connectivity index (χ4n) is 3.21. The minimum atomic E-state index is -4.65. The molecule has 0 saturated heterocycles. The molecule has 0 radical (unpaired) electrons. The van der Waals surface area contributed by atoms with Crippen LogP contribution >= 0.6 is 0 Å². The number of amides is 3. The van der Waals surface area contributed by atoms with Crippen molar-refractivity contribution in [3.05, 3.63) is 65.2 Å². The van der Waals surface area contributed by atoms with Crippen molar-refractivity contribution in [2.24, 2.45) is 5.92 Å². The first kappa shape index (κ1) is 25.5. The zero-order chi connectivity index (χ0) is 25.8. The molecular weight excluding hydrogens is 467 g/mol. The number of carbonyl (C=O) groups excluding carboxylic acids is 3. The Bertz CT molecular complexity index is 1220. The van der Waals surface area contributed by atoms with Crippen LogP contribution in [-0.2, 0) is 17.5 Å². The number of furan rings is 1. The summed E-state index contributed by atoms with van der Waals surface area (Å²) >= 11 is 0. The highest BCUT2D eigenvalue weighted by Gasteiger charge is 2.34. The van der Waals surface area contributed by atoms with Crippen molar-refractivity contribution in [2.45, 2.75) is 32.6 Å². The van der Waals surface area contributed by atoms with Gasteiger partial charge in [0.2, 0.25) is 5.91 Å². The largest absolute Gasteiger partial charge is 0.451 e. The molecule has 12 heteroatoms. The summed E-state index contributed by atoms with van der Waals surface area (Å²) in [5.74, 6) is -1.34. The molecule has 1 atom stereocenters. The van der Waals surface area contributed by atoms with Crippen molar-refractivity contribution in [3.63, 3.8) is 0 Å². The van der Waals surface area contributed by atoms with Crippen LogP contribution in [0.25, 0.3) is 11.3 Å². The van der Waals surface area contributed by atoms with E-state index >= 15 is 0 Å². The summed E-state index contributed by atoms with van der Waals surface area (Å²) in [5, 5.41) is 12.8. The van der Waals surface area contributed by atoms with Gasteiger partial charge in [-0.05, 0) is 29.7 Å². The van der Waals surface area contributed by atoms with E-state index in [2.05, 4.69) is 26.1 Å². The summed E-state index contributed by atoms with van der Waals surface area (Å²) in [6.45, 7) is 3.64. The fourth-order valence-corrected chi connectivity index (χ4v) is 3.21. The van der Waals surface area contributed by atoms with E-state index in [0.717, 1.165) is 0 Å². The lowest BCUT2D eigenvalue weighted by Gasteiger charge is -2.19. The third-order valence-corrected chi connectivity index (χ3v) is 5.09. The lowest BCUT2D eigenvalue weighted by Crippen LogP contribution is -2.48. The van der Waals surface area contributed by atoms with Gasteiger partial charge in [-0.25, -0.2) is 0 Å². The van der Waals surface area contributed by atoms with E-state index in [4.69, 9.17) is 4.42 Å². The molecule has 3 amide bonds. The maximum atomic E-state index is 12.7. The number of nitrogens with one attached hydrogen (secondary N) is 4. The van der Waals surface area contributed by atoms with Crippen LogP contribution in [0.1, 0.15) is 46.1 Å². The maximum absolute atomic E-state index is 12.7. The molecule has 0 spiro atoms. The number of H-pyrrole nitrogens is 1. The Kier molecular flexibility index (Phi) is 7.62. The Labute approximate surface area is 198 Å². The lowest BCUT2D eigenvalue weighted by molar-refractivity contribution is -0.141. The molecule has 2 heterocycles. The molecule has 3 rings (SSSR count). The summed E-state index contributed by atoms with van der Waals surface area (Å²) in [6, 6.07) is 9.85. The third kappa shape index (κ3) is 6.28. The first-order valence-corrected chi connectivity index (χ1v) is 10.6. The summed E-state index contributed by atoms with van der Waals surface area (Å²) < 4.78 is 43.6. The van der Waals surface area contributed by atoms with Gasteiger partial charge in [-0.1, -0.05) is 32.0 Å². The van der Waals surface area contributed by atoms with Crippen molar-refractivity contribution >= 4 is 17.7 Å². The van der Waals surface area contributed by atoms with Crippen LogP contribution in [0.5, 0.6) is 0 Å². The molecule has 1 aromatic carbocycles. The van der Waals surface area contributed by atoms with Gasteiger partial charge in [-0.15, -0.1) is 0 Å². The lowest BCUT2D eigenvalue weighted by atomic mass is 10.0. The second-order valence-electron chi connectivity index (χ2n) is 8.02. The summed E-state index contributed by atoms with van der Waals surface area (Å²) in [6.07, 6.45) is -4.65. The van der Waals surface area contributed by atoms with Crippen LogP contribution < -0.4 is 16.0 Å². The number of likely N-dealkylation sites (N-methyl/N-ethyl adjacent to an activating group) is 1. The average Bonchev–Trinajstić information content (AvgIpc) is 3.51. The van der Waals surface area contributed by atoms with Gasteiger partial charge in [-0.3, -0.25) is 19.5 Å². The number of rotatable bonds is 8. The van der Waals surface area contributed by atoms with Crippen LogP contribution in [0.4, 0.5) is 13.2 Å². The SMILES string of the molecule is CNC(=O)[C@@H](NC(=O)c1ccc(-c2cccc(CNC(=O)c3cc(C(F)(F)F)n[nH]3)c2)o1)C(C)C. The van der Waals surface area contributed by atoms with Crippen LogP contribution in [0.3, 0.4) is 0 Å². The minimum Gasteiger partial charge on any atom is -0.451 e. The van der Waals surface area contributed by atoms with Gasteiger partial charge >= 0.3 is 6.18 Å². The van der Waals surface area contributed by atoms with E-state index in [0.29, 0.717) is 23.0 Å². The van der Waals surface area contributed by atoms with Crippen molar-refractivity contribution in [1.82, 2.24) is 26.1 Å². The van der Waals surface area contributed by atoms with Crippen molar-refractivity contribution < 1.29 is 32.0 Å². The number of benzene rings is 1. The highest BCUT2D eigenvalue weighted by Crippen LogP contribution is 2.27. The van der Waals surface area contributed by atoms with Crippen molar-refractivity contribution in [1.29, 1.82) is 0 Å². The molecule has 0 aliphatic heterocycles. The van der Waals surface area contributed by atoms with Gasteiger partial charge in [0.25, 0.3) is 11.8 Å². The maximum Gasteiger partial charge on any atom is 0.435 e. The van der Waals surface area contributed by atoms with Gasteiger partial charge in [0.1, 0.15) is 17.5 Å². The first-order chi connectivity index (χ1) is 16.5. The molecule has 0 fully saturated rings. The number of hydrogen-bond acceptors (Lipinski definition) is 5. The number of aromatic amines is 1. The Morgan fingerprint density at radius 3 is 2.46 bits per heavy atom. The van der Waals surface area contributed by atoms with Crippen LogP contribution in [0.2, 0.25) is 0 Å². The predicted octanol–water partition coefficient (Wildman–Crippen LogP) is 3.12. The number of nitrogens with zero attached hydrogens (tertiary/aromatic N) is 1. The molecule has 186 valence electrons. The van der Waals surface area contributed by atoms with E-state index < -0.39 is 29.7 Å². The van der Waals surface area contributed by atoms with E-state index in [1.165, 1.54) is 13.1 Å². The third-order valence-electron chi connectivity index (χ3n) is 5.09. The average molecular weight is 491 g/mol. The molecule has 4 N–H and O–H groups in total. The number of carbonyl (C=O) groups is 3. The molecular formula is C23H24F3N5O4. The monoisotopic (exact) mass is 491 g/mol. The molecule has 3 aromatic rings. The Hall–Kier alpha value is -4.09. The van der Waals surface area contributed by atoms with E-state index in [9.17, 15) is 27.6 Å². The molecule has 0 unspecified atom stereocenters. The molecule has 35 heavy (non-hydrogen) atoms. The summed E-state index contributed by atoms with van der Waals surface area (Å²) in [7, 11) is 1.49. The van der Waals surface area contributed by atoms with E-state index in [1.807, 2.05) is 0 Å². The Balaban J connectivity index is 1.66. The predicted molar refractivity (Wildman–Crippen MR) is 119 cm³/mol. The zero-order valence-electron chi connectivity index (χ0n) is 19.1. The van der Waals surface area contributed by atoms with Gasteiger partial charge in [0.15, 0.2) is 11.5 Å². The second kappa shape index (κ2) is 10.5. The van der Waals surface area contributed by atoms with Gasteiger partial charge < -0.3 is 20.4 Å². The quantitative estimate of drug-likeness (QED) is 0.385. The summed E-state index contributed by atoms with van der Waals surface area (Å²) in [5.41, 5.74) is -0.235. The second-order valence-corrected chi connectivity index (χ2v) is 8.02. The molecule has 0 bridgehead atoms. The zero-order valence-corrected chi connectivity index (χ0v) is 19.1. The number of hydrogen-bond donors (Lipinski definition) is 4. The van der Waals surface area contributed by atoms with Crippen LogP contribution in [-0.4, -0.2) is 41.0 Å². The number of alkyl halides is 3. The van der Waals surface area contributed by atoms with Gasteiger partial charge in [0.05, 0.1) is 0 Å². The Morgan fingerprint density at radius 1 is 1.09 bits per heavy atom. The van der Waals surface area contributed by atoms with E-state index in [1.54, 1.807) is 44.2 Å². The van der Waals surface area contributed by atoms with Crippen molar-refractivity contribution in [2.75, 3.05) is 7.05 Å². The fraction of sp³-hybridized carbons (Fsp3) is 0.304. The Morgan fingerprint density at radius 2 is 1.83 bits per heavy atom. The highest BCUT2D eigenvalue weighted by atomic mass is 19.4. The smallest absolute Gasteiger partial charge is 0.435 e. The number of aromatic nitrogens is 2. The van der Waals surface area contributed by atoms with Gasteiger partial charge in [-0.2, -0.15) is 18.3 Å². The van der Waals surface area contributed by atoms with Crippen LogP contribution in [0, 0.1) is 5.92 Å².